The van der Waals surface area contributed by atoms with Gasteiger partial charge in [-0.2, -0.15) is 5.26 Å². The Morgan fingerprint density at radius 3 is 2.50 bits per heavy atom. The van der Waals surface area contributed by atoms with Gasteiger partial charge in [-0.3, -0.25) is 4.90 Å². The lowest BCUT2D eigenvalue weighted by Crippen LogP contribution is -2.40. The van der Waals surface area contributed by atoms with E-state index in [0.717, 1.165) is 41.8 Å². The first-order chi connectivity index (χ1) is 13.8. The maximum Gasteiger partial charge on any atom is 0.201 e. The van der Waals surface area contributed by atoms with Crippen molar-refractivity contribution in [2.75, 3.05) is 25.5 Å². The van der Waals surface area contributed by atoms with E-state index in [4.69, 9.17) is 9.40 Å². The van der Waals surface area contributed by atoms with Gasteiger partial charge in [0.25, 0.3) is 0 Å². The zero-order chi connectivity index (χ0) is 20.8. The van der Waals surface area contributed by atoms with Crippen molar-refractivity contribution in [2.45, 2.75) is 45.2 Å². The largest absolute Gasteiger partial charge is 0.438 e. The first-order valence-electron chi connectivity index (χ1n) is 10.2. The smallest absolute Gasteiger partial charge is 0.201 e. The second kappa shape index (κ2) is 8.29. The quantitative estimate of drug-likeness (QED) is 0.549. The van der Waals surface area contributed by atoms with Crippen LogP contribution in [0.2, 0.25) is 0 Å². The Morgan fingerprint density at radius 2 is 1.90 bits per heavy atom. The summed E-state index contributed by atoms with van der Waals surface area (Å²) in [4.78, 5) is 9.44. The molecule has 5 nitrogen and oxygen atoms in total. The summed E-state index contributed by atoms with van der Waals surface area (Å²) in [5.74, 6) is 0.663. The number of anilines is 1. The van der Waals surface area contributed by atoms with E-state index in [0.29, 0.717) is 17.0 Å². The number of benzene rings is 2. The molecule has 0 radical (unpaired) electrons. The highest BCUT2D eigenvalue weighted by Crippen LogP contribution is 2.43. The molecule has 0 spiro atoms. The van der Waals surface area contributed by atoms with Gasteiger partial charge in [0.2, 0.25) is 5.89 Å². The molecule has 1 aromatic heterocycles. The zero-order valence-corrected chi connectivity index (χ0v) is 19.1. The molecule has 4 rings (SSSR count). The van der Waals surface area contributed by atoms with Gasteiger partial charge >= 0.3 is 0 Å². The number of hydrogen-bond donors (Lipinski definition) is 0. The summed E-state index contributed by atoms with van der Waals surface area (Å²) in [6, 6.07) is 14.6. The fourth-order valence-electron chi connectivity index (χ4n) is 4.14. The van der Waals surface area contributed by atoms with E-state index in [1.807, 2.05) is 24.3 Å². The molecule has 3 aromatic rings. The van der Waals surface area contributed by atoms with Crippen molar-refractivity contribution in [3.05, 3.63) is 47.9 Å². The van der Waals surface area contributed by atoms with Crippen LogP contribution in [0.25, 0.3) is 22.2 Å². The SMILES string of the molecule is CN(C)[C@@H]1CCCN1c1c(-c2ccccc2)cc(C#N)c2nc(C(C)(C)C)oc12.Cl. The summed E-state index contributed by atoms with van der Waals surface area (Å²) in [7, 11) is 4.24. The van der Waals surface area contributed by atoms with Gasteiger partial charge in [-0.15, -0.1) is 12.4 Å². The summed E-state index contributed by atoms with van der Waals surface area (Å²) in [6.45, 7) is 7.20. The fourth-order valence-corrected chi connectivity index (χ4v) is 4.14. The van der Waals surface area contributed by atoms with Crippen molar-refractivity contribution in [3.63, 3.8) is 0 Å². The third-order valence-corrected chi connectivity index (χ3v) is 5.59. The molecule has 0 saturated carbocycles. The molecular weight excluding hydrogens is 396 g/mol. The van der Waals surface area contributed by atoms with Gasteiger partial charge in [0, 0.05) is 17.5 Å². The molecule has 0 aliphatic carbocycles. The number of halogens is 1. The minimum atomic E-state index is -0.234. The van der Waals surface area contributed by atoms with Crippen molar-refractivity contribution >= 4 is 29.2 Å². The lowest BCUT2D eigenvalue weighted by molar-refractivity contribution is 0.301. The summed E-state index contributed by atoms with van der Waals surface area (Å²) >= 11 is 0. The molecule has 0 amide bonds. The van der Waals surface area contributed by atoms with Gasteiger partial charge in [-0.25, -0.2) is 4.98 Å². The fraction of sp³-hybridized carbons (Fsp3) is 0.417. The van der Waals surface area contributed by atoms with Crippen molar-refractivity contribution < 1.29 is 4.42 Å². The van der Waals surface area contributed by atoms with Crippen LogP contribution in [0.5, 0.6) is 0 Å². The van der Waals surface area contributed by atoms with Gasteiger partial charge in [-0.05, 0) is 38.6 Å². The van der Waals surface area contributed by atoms with Gasteiger partial charge in [0.05, 0.1) is 17.4 Å². The van der Waals surface area contributed by atoms with E-state index in [9.17, 15) is 5.26 Å². The van der Waals surface area contributed by atoms with Crippen molar-refractivity contribution in [2.24, 2.45) is 0 Å². The van der Waals surface area contributed by atoms with E-state index in [-0.39, 0.29) is 24.0 Å². The normalized spacial score (nSPS) is 16.7. The van der Waals surface area contributed by atoms with Gasteiger partial charge in [0.15, 0.2) is 5.58 Å². The second-order valence-corrected chi connectivity index (χ2v) is 9.02. The van der Waals surface area contributed by atoms with E-state index in [2.05, 4.69) is 62.9 Å². The van der Waals surface area contributed by atoms with Crippen LogP contribution in [-0.4, -0.2) is 36.7 Å². The first-order valence-corrected chi connectivity index (χ1v) is 10.2. The molecule has 1 atom stereocenters. The highest BCUT2D eigenvalue weighted by Gasteiger charge is 2.33. The van der Waals surface area contributed by atoms with Crippen LogP contribution in [0.1, 0.15) is 45.1 Å². The predicted molar refractivity (Wildman–Crippen MR) is 124 cm³/mol. The van der Waals surface area contributed by atoms with E-state index < -0.39 is 0 Å². The van der Waals surface area contributed by atoms with Crippen LogP contribution in [0, 0.1) is 11.3 Å². The lowest BCUT2D eigenvalue weighted by Gasteiger charge is -2.33. The number of aromatic nitrogens is 1. The molecule has 30 heavy (non-hydrogen) atoms. The first kappa shape index (κ1) is 22.1. The topological polar surface area (TPSA) is 56.3 Å². The Labute approximate surface area is 184 Å². The molecule has 1 saturated heterocycles. The number of fused-ring (bicyclic) bond motifs is 1. The van der Waals surface area contributed by atoms with Crippen molar-refractivity contribution in [1.82, 2.24) is 9.88 Å². The van der Waals surface area contributed by atoms with E-state index in [1.54, 1.807) is 0 Å². The van der Waals surface area contributed by atoms with E-state index >= 15 is 0 Å². The molecule has 0 N–H and O–H groups in total. The number of nitriles is 1. The summed E-state index contributed by atoms with van der Waals surface area (Å²) in [5, 5.41) is 9.86. The third kappa shape index (κ3) is 3.78. The van der Waals surface area contributed by atoms with Crippen LogP contribution < -0.4 is 4.90 Å². The monoisotopic (exact) mass is 424 g/mol. The molecule has 1 aliphatic heterocycles. The molecule has 2 aromatic carbocycles. The number of rotatable bonds is 3. The minimum absolute atomic E-state index is 0. The second-order valence-electron chi connectivity index (χ2n) is 9.02. The van der Waals surface area contributed by atoms with Crippen molar-refractivity contribution in [1.29, 1.82) is 5.26 Å². The van der Waals surface area contributed by atoms with Gasteiger partial charge in [0.1, 0.15) is 11.6 Å². The molecule has 2 heterocycles. The molecular formula is C24H29ClN4O. The Kier molecular flexibility index (Phi) is 6.12. The Bertz CT molecular complexity index is 1080. The molecule has 1 aliphatic rings. The molecule has 158 valence electrons. The highest BCUT2D eigenvalue weighted by molar-refractivity contribution is 6.00. The van der Waals surface area contributed by atoms with Gasteiger partial charge < -0.3 is 9.32 Å². The molecule has 1 fully saturated rings. The van der Waals surface area contributed by atoms with Crippen LogP contribution in [-0.2, 0) is 5.41 Å². The predicted octanol–water partition coefficient (Wildman–Crippen LogP) is 5.57. The van der Waals surface area contributed by atoms with Crippen LogP contribution in [0.4, 0.5) is 5.69 Å². The average Bonchev–Trinajstić information content (AvgIpc) is 3.34. The lowest BCUT2D eigenvalue weighted by atomic mass is 9.97. The average molecular weight is 425 g/mol. The van der Waals surface area contributed by atoms with Crippen molar-refractivity contribution in [3.8, 4) is 17.2 Å². The molecule has 0 bridgehead atoms. The number of hydrogen-bond acceptors (Lipinski definition) is 5. The zero-order valence-electron chi connectivity index (χ0n) is 18.3. The number of oxazole rings is 1. The Morgan fingerprint density at radius 1 is 1.20 bits per heavy atom. The Balaban J connectivity index is 0.00000256. The maximum atomic E-state index is 9.86. The molecule has 6 heteroatoms. The van der Waals surface area contributed by atoms with Crippen LogP contribution in [0.3, 0.4) is 0 Å². The van der Waals surface area contributed by atoms with Crippen LogP contribution in [0.15, 0.2) is 40.8 Å². The molecule has 0 unspecified atom stereocenters. The highest BCUT2D eigenvalue weighted by atomic mass is 35.5. The maximum absolute atomic E-state index is 9.86. The summed E-state index contributed by atoms with van der Waals surface area (Å²) < 4.78 is 6.39. The van der Waals surface area contributed by atoms with Crippen LogP contribution >= 0.6 is 12.4 Å². The minimum Gasteiger partial charge on any atom is -0.438 e. The standard InChI is InChI=1S/C24H28N4O.ClH/c1-24(2,3)23-26-20-17(15-25)14-18(16-10-7-6-8-11-16)21(22(20)29-23)28-13-9-12-19(28)27(4)5;/h6-8,10-11,14,19H,9,12-13H2,1-5H3;1H/t19-;/m0./s1. The summed E-state index contributed by atoms with van der Waals surface area (Å²) in [6.07, 6.45) is 2.51. The Hall–Kier alpha value is -2.55. The summed E-state index contributed by atoms with van der Waals surface area (Å²) in [5.41, 5.74) is 4.87. The number of nitrogens with zero attached hydrogens (tertiary/aromatic N) is 4. The third-order valence-electron chi connectivity index (χ3n) is 5.59. The van der Waals surface area contributed by atoms with E-state index in [1.165, 1.54) is 0 Å². The van der Waals surface area contributed by atoms with Gasteiger partial charge in [-0.1, -0.05) is 51.1 Å².